The lowest BCUT2D eigenvalue weighted by atomic mass is 10.2. The molecule has 1 aliphatic rings. The number of para-hydroxylation sites is 2. The molecule has 3 heterocycles. The Labute approximate surface area is 188 Å². The first-order chi connectivity index (χ1) is 15.2. The molecule has 162 valence electrons. The topological polar surface area (TPSA) is 50.5 Å². The van der Waals surface area contributed by atoms with Crippen molar-refractivity contribution in [1.29, 1.82) is 0 Å². The Hall–Kier alpha value is -2.26. The van der Waals surface area contributed by atoms with E-state index in [0.717, 1.165) is 79.2 Å². The molecule has 2 aromatic heterocycles. The van der Waals surface area contributed by atoms with E-state index in [1.54, 1.807) is 0 Å². The summed E-state index contributed by atoms with van der Waals surface area (Å²) in [5.41, 5.74) is 2.10. The Morgan fingerprint density at radius 1 is 0.613 bits per heavy atom. The number of aromatic nitrogens is 2. The second kappa shape index (κ2) is 9.08. The van der Waals surface area contributed by atoms with Gasteiger partial charge >= 0.3 is 9.75 Å². The summed E-state index contributed by atoms with van der Waals surface area (Å²) in [5.74, 6) is 0. The molecule has 0 saturated carbocycles. The molecule has 31 heavy (non-hydrogen) atoms. The fraction of sp³-hybridized carbons (Fsp3) is 0.391. The Bertz CT molecular complexity index is 1290. The quantitative estimate of drug-likeness (QED) is 0.431. The molecule has 0 unspecified atom stereocenters. The summed E-state index contributed by atoms with van der Waals surface area (Å²) in [4.78, 5) is 29.8. The van der Waals surface area contributed by atoms with Crippen LogP contribution in [0, 0.1) is 0 Å². The van der Waals surface area contributed by atoms with Crippen LogP contribution in [0.3, 0.4) is 0 Å². The molecule has 1 fully saturated rings. The molecular weight excluding hydrogens is 428 g/mol. The van der Waals surface area contributed by atoms with Gasteiger partial charge in [0.25, 0.3) is 0 Å². The van der Waals surface area contributed by atoms with Gasteiger partial charge in [0.1, 0.15) is 0 Å². The molecule has 0 amide bonds. The second-order valence-electron chi connectivity index (χ2n) is 8.01. The van der Waals surface area contributed by atoms with Gasteiger partial charge in [0.2, 0.25) is 0 Å². The number of fused-ring (bicyclic) bond motifs is 2. The number of rotatable bonds is 7. The number of piperazine rings is 1. The van der Waals surface area contributed by atoms with E-state index >= 15 is 0 Å². The molecule has 4 aromatic rings. The highest BCUT2D eigenvalue weighted by atomic mass is 32.1. The average molecular weight is 455 g/mol. The van der Waals surface area contributed by atoms with Gasteiger partial charge in [0.15, 0.2) is 0 Å². The largest absolute Gasteiger partial charge is 0.308 e. The van der Waals surface area contributed by atoms with Crippen LogP contribution in [-0.4, -0.2) is 58.2 Å². The molecule has 0 N–H and O–H groups in total. The van der Waals surface area contributed by atoms with E-state index in [0.29, 0.717) is 0 Å². The van der Waals surface area contributed by atoms with Gasteiger partial charge in [-0.3, -0.25) is 23.6 Å². The zero-order valence-electron chi connectivity index (χ0n) is 17.4. The van der Waals surface area contributed by atoms with Crippen LogP contribution in [0.5, 0.6) is 0 Å². The minimum atomic E-state index is 0.135. The van der Waals surface area contributed by atoms with Crippen LogP contribution in [0.25, 0.3) is 20.4 Å². The molecule has 1 aliphatic heterocycles. The van der Waals surface area contributed by atoms with Gasteiger partial charge < -0.3 is 4.90 Å². The van der Waals surface area contributed by atoms with Crippen molar-refractivity contribution in [2.75, 3.05) is 39.3 Å². The standard InChI is InChI=1S/C23H26N4O2S2/c28-22-26(18-6-1-3-8-20(18)30-22)11-5-10-24-12-14-25(15-13-24)16-17-27-19-7-2-4-9-21(19)31-23(27)29/h1-4,6-9H,5,10-17H2. The van der Waals surface area contributed by atoms with Crippen molar-refractivity contribution in [3.63, 3.8) is 0 Å². The molecule has 5 rings (SSSR count). The summed E-state index contributed by atoms with van der Waals surface area (Å²) in [5, 5.41) is 0. The van der Waals surface area contributed by atoms with E-state index in [2.05, 4.69) is 9.80 Å². The minimum Gasteiger partial charge on any atom is -0.301 e. The molecule has 2 aromatic carbocycles. The predicted octanol–water partition coefficient (Wildman–Crippen LogP) is 3.15. The van der Waals surface area contributed by atoms with Gasteiger partial charge in [-0.15, -0.1) is 0 Å². The Balaban J connectivity index is 1.10. The Morgan fingerprint density at radius 3 is 1.68 bits per heavy atom. The summed E-state index contributed by atoms with van der Waals surface area (Å²) < 4.78 is 5.96. The van der Waals surface area contributed by atoms with Crippen molar-refractivity contribution in [1.82, 2.24) is 18.9 Å². The second-order valence-corrected chi connectivity index (χ2v) is 10.00. The SMILES string of the molecule is O=c1sc2ccccc2n1CCCN1CCN(CCn2c(=O)sc3ccccc32)CC1. The molecule has 0 radical (unpaired) electrons. The first-order valence-corrected chi connectivity index (χ1v) is 12.4. The van der Waals surface area contributed by atoms with Crippen LogP contribution < -0.4 is 9.75 Å². The fourth-order valence-electron chi connectivity index (χ4n) is 4.38. The van der Waals surface area contributed by atoms with Crippen molar-refractivity contribution < 1.29 is 0 Å². The van der Waals surface area contributed by atoms with Crippen molar-refractivity contribution in [2.24, 2.45) is 0 Å². The number of hydrogen-bond acceptors (Lipinski definition) is 6. The normalized spacial score (nSPS) is 15.9. The molecule has 6 nitrogen and oxygen atoms in total. The van der Waals surface area contributed by atoms with Crippen molar-refractivity contribution >= 4 is 43.1 Å². The number of nitrogens with zero attached hydrogens (tertiary/aromatic N) is 4. The number of hydrogen-bond donors (Lipinski definition) is 0. The highest BCUT2D eigenvalue weighted by Gasteiger charge is 2.17. The number of aryl methyl sites for hydroxylation is 1. The van der Waals surface area contributed by atoms with E-state index < -0.39 is 0 Å². The lowest BCUT2D eigenvalue weighted by molar-refractivity contribution is 0.127. The van der Waals surface area contributed by atoms with Crippen LogP contribution in [0.2, 0.25) is 0 Å². The minimum absolute atomic E-state index is 0.135. The van der Waals surface area contributed by atoms with Gasteiger partial charge in [-0.25, -0.2) is 0 Å². The van der Waals surface area contributed by atoms with Crippen LogP contribution in [0.15, 0.2) is 58.1 Å². The van der Waals surface area contributed by atoms with E-state index in [1.807, 2.05) is 57.7 Å². The van der Waals surface area contributed by atoms with Crippen molar-refractivity contribution in [3.8, 4) is 0 Å². The highest BCUT2D eigenvalue weighted by Crippen LogP contribution is 2.18. The first-order valence-electron chi connectivity index (χ1n) is 10.8. The van der Waals surface area contributed by atoms with Crippen LogP contribution in [-0.2, 0) is 13.1 Å². The van der Waals surface area contributed by atoms with Gasteiger partial charge in [-0.05, 0) is 37.2 Å². The van der Waals surface area contributed by atoms with Gasteiger partial charge in [0.05, 0.1) is 20.4 Å². The zero-order chi connectivity index (χ0) is 21.2. The number of benzene rings is 2. The fourth-order valence-corrected chi connectivity index (χ4v) is 6.22. The van der Waals surface area contributed by atoms with E-state index in [4.69, 9.17) is 0 Å². The third-order valence-corrected chi connectivity index (χ3v) is 8.03. The first kappa shape index (κ1) is 20.6. The number of thiazole rings is 2. The molecule has 0 atom stereocenters. The van der Waals surface area contributed by atoms with E-state index in [9.17, 15) is 9.59 Å². The smallest absolute Gasteiger partial charge is 0.301 e. The van der Waals surface area contributed by atoms with E-state index in [1.165, 1.54) is 22.7 Å². The maximum atomic E-state index is 12.3. The maximum absolute atomic E-state index is 12.3. The maximum Gasteiger partial charge on any atom is 0.308 e. The Morgan fingerprint density at radius 2 is 1.10 bits per heavy atom. The summed E-state index contributed by atoms with van der Waals surface area (Å²) in [6.07, 6.45) is 0.983. The van der Waals surface area contributed by atoms with Gasteiger partial charge in [0, 0.05) is 45.8 Å². The van der Waals surface area contributed by atoms with Crippen molar-refractivity contribution in [3.05, 3.63) is 67.9 Å². The summed E-state index contributed by atoms with van der Waals surface area (Å²) in [6, 6.07) is 16.1. The zero-order valence-corrected chi connectivity index (χ0v) is 19.0. The van der Waals surface area contributed by atoms with Crippen molar-refractivity contribution in [2.45, 2.75) is 19.5 Å². The molecule has 0 bridgehead atoms. The third-order valence-electron chi connectivity index (χ3n) is 6.11. The molecule has 8 heteroatoms. The van der Waals surface area contributed by atoms with Gasteiger partial charge in [-0.2, -0.15) is 0 Å². The highest BCUT2D eigenvalue weighted by molar-refractivity contribution is 7.16. The monoisotopic (exact) mass is 454 g/mol. The van der Waals surface area contributed by atoms with Gasteiger partial charge in [-0.1, -0.05) is 46.9 Å². The van der Waals surface area contributed by atoms with Crippen LogP contribution in [0.4, 0.5) is 0 Å². The molecule has 1 saturated heterocycles. The lowest BCUT2D eigenvalue weighted by Crippen LogP contribution is -2.47. The molecule has 0 aliphatic carbocycles. The third kappa shape index (κ3) is 4.39. The summed E-state index contributed by atoms with van der Waals surface area (Å²) >= 11 is 2.67. The molecule has 0 spiro atoms. The van der Waals surface area contributed by atoms with Crippen LogP contribution >= 0.6 is 22.7 Å². The van der Waals surface area contributed by atoms with Crippen LogP contribution in [0.1, 0.15) is 6.42 Å². The summed E-state index contributed by atoms with van der Waals surface area (Å²) in [7, 11) is 0. The summed E-state index contributed by atoms with van der Waals surface area (Å²) in [6.45, 7) is 7.57. The predicted molar refractivity (Wildman–Crippen MR) is 130 cm³/mol. The molecular formula is C23H26N4O2S2. The lowest BCUT2D eigenvalue weighted by Gasteiger charge is -2.34. The van der Waals surface area contributed by atoms with E-state index in [-0.39, 0.29) is 9.75 Å². The average Bonchev–Trinajstić information content (AvgIpc) is 3.28. The Kier molecular flexibility index (Phi) is 6.04.